The van der Waals surface area contributed by atoms with Gasteiger partial charge in [-0.2, -0.15) is 10.5 Å². The molecular weight excluding hydrogens is 280 g/mol. The second-order valence-electron chi connectivity index (χ2n) is 5.14. The highest BCUT2D eigenvalue weighted by atomic mass is 16.2. The highest BCUT2D eigenvalue weighted by Gasteiger charge is 2.52. The molecule has 2 atom stereocenters. The number of carbonyl (C=O) groups excluding carboxylic acids is 1. The maximum atomic E-state index is 12.4. The minimum absolute atomic E-state index is 0.156. The third-order valence-corrected chi connectivity index (χ3v) is 3.91. The minimum Gasteiger partial charge on any atom is -0.324 e. The monoisotopic (exact) mass is 298 g/mol. The number of nitrogens with zero attached hydrogens (tertiary/aromatic N) is 4. The van der Waals surface area contributed by atoms with Crippen molar-refractivity contribution in [2.24, 2.45) is 5.73 Å². The number of nitrogens with two attached hydrogens (primary N) is 1. The standard InChI is InChI=1S/C15H18N6O/c1-2-19-9-14(22)21-6-5-12(18)15(21,10-17)13-4-3-11(7-16)8-20-13/h3-4,8,12,19H,2,5-6,9,18H2,1H3/t12?,15-/m0/s1. The van der Waals surface area contributed by atoms with E-state index in [0.717, 1.165) is 0 Å². The Morgan fingerprint density at radius 2 is 2.36 bits per heavy atom. The molecule has 114 valence electrons. The van der Waals surface area contributed by atoms with Crippen LogP contribution in [0.4, 0.5) is 0 Å². The summed E-state index contributed by atoms with van der Waals surface area (Å²) in [7, 11) is 0. The first-order chi connectivity index (χ1) is 10.6. The summed E-state index contributed by atoms with van der Waals surface area (Å²) >= 11 is 0. The molecule has 1 aromatic heterocycles. The molecule has 3 N–H and O–H groups in total. The van der Waals surface area contributed by atoms with E-state index in [1.54, 1.807) is 12.1 Å². The van der Waals surface area contributed by atoms with Crippen molar-refractivity contribution in [3.63, 3.8) is 0 Å². The van der Waals surface area contributed by atoms with E-state index in [2.05, 4.69) is 16.4 Å². The number of aromatic nitrogens is 1. The Hall–Kier alpha value is -2.48. The molecule has 0 bridgehead atoms. The molecule has 0 spiro atoms. The number of hydrogen-bond acceptors (Lipinski definition) is 6. The second-order valence-corrected chi connectivity index (χ2v) is 5.14. The van der Waals surface area contributed by atoms with Crippen molar-refractivity contribution in [2.45, 2.75) is 24.9 Å². The van der Waals surface area contributed by atoms with Crippen molar-refractivity contribution in [3.05, 3.63) is 29.6 Å². The fourth-order valence-corrected chi connectivity index (χ4v) is 2.72. The average Bonchev–Trinajstić information content (AvgIpc) is 2.90. The first kappa shape index (κ1) is 15.9. The van der Waals surface area contributed by atoms with Gasteiger partial charge in [0.1, 0.15) is 6.07 Å². The number of amides is 1. The highest BCUT2D eigenvalue weighted by Crippen LogP contribution is 2.36. The van der Waals surface area contributed by atoms with Gasteiger partial charge in [0.25, 0.3) is 0 Å². The summed E-state index contributed by atoms with van der Waals surface area (Å²) in [6, 6.07) is 6.85. The number of rotatable bonds is 4. The van der Waals surface area contributed by atoms with Gasteiger partial charge in [0, 0.05) is 18.8 Å². The second kappa shape index (κ2) is 6.52. The van der Waals surface area contributed by atoms with E-state index in [0.29, 0.717) is 30.8 Å². The Morgan fingerprint density at radius 1 is 1.59 bits per heavy atom. The lowest BCUT2D eigenvalue weighted by Crippen LogP contribution is -2.54. The van der Waals surface area contributed by atoms with Crippen LogP contribution in [0.15, 0.2) is 18.3 Å². The Bertz CT molecular complexity index is 629. The van der Waals surface area contributed by atoms with Gasteiger partial charge in [-0.05, 0) is 25.1 Å². The van der Waals surface area contributed by atoms with Crippen molar-refractivity contribution >= 4 is 5.91 Å². The molecule has 1 fully saturated rings. The number of nitrogens with one attached hydrogen (secondary N) is 1. The smallest absolute Gasteiger partial charge is 0.238 e. The van der Waals surface area contributed by atoms with E-state index in [4.69, 9.17) is 11.0 Å². The lowest BCUT2D eigenvalue weighted by molar-refractivity contribution is -0.133. The van der Waals surface area contributed by atoms with Crippen LogP contribution in [0.3, 0.4) is 0 Å². The van der Waals surface area contributed by atoms with Gasteiger partial charge < -0.3 is 16.0 Å². The van der Waals surface area contributed by atoms with Crippen LogP contribution in [0.5, 0.6) is 0 Å². The maximum absolute atomic E-state index is 12.4. The molecule has 1 amide bonds. The predicted molar refractivity (Wildman–Crippen MR) is 79.1 cm³/mol. The molecule has 0 aliphatic carbocycles. The fraction of sp³-hybridized carbons (Fsp3) is 0.467. The molecule has 2 heterocycles. The predicted octanol–water partition coefficient (Wildman–Crippen LogP) is -0.159. The van der Waals surface area contributed by atoms with Crippen LogP contribution in [-0.4, -0.2) is 41.5 Å². The van der Waals surface area contributed by atoms with Crippen molar-refractivity contribution in [1.29, 1.82) is 10.5 Å². The van der Waals surface area contributed by atoms with E-state index >= 15 is 0 Å². The van der Waals surface area contributed by atoms with Crippen LogP contribution in [-0.2, 0) is 10.3 Å². The minimum atomic E-state index is -1.28. The zero-order chi connectivity index (χ0) is 16.2. The molecule has 0 aromatic carbocycles. The Labute approximate surface area is 129 Å². The first-order valence-corrected chi connectivity index (χ1v) is 7.14. The van der Waals surface area contributed by atoms with Gasteiger partial charge in [0.2, 0.25) is 5.91 Å². The number of hydrogen-bond donors (Lipinski definition) is 2. The van der Waals surface area contributed by atoms with Crippen LogP contribution in [0, 0.1) is 22.7 Å². The van der Waals surface area contributed by atoms with Crippen LogP contribution in [0.2, 0.25) is 0 Å². The highest BCUT2D eigenvalue weighted by molar-refractivity contribution is 5.80. The van der Waals surface area contributed by atoms with Crippen LogP contribution in [0.1, 0.15) is 24.6 Å². The topological polar surface area (TPSA) is 119 Å². The van der Waals surface area contributed by atoms with Crippen molar-refractivity contribution in [3.8, 4) is 12.1 Å². The van der Waals surface area contributed by atoms with Gasteiger partial charge in [-0.1, -0.05) is 6.92 Å². The van der Waals surface area contributed by atoms with Crippen LogP contribution < -0.4 is 11.1 Å². The molecule has 7 nitrogen and oxygen atoms in total. The summed E-state index contributed by atoms with van der Waals surface area (Å²) in [5.74, 6) is -0.178. The van der Waals surface area contributed by atoms with Gasteiger partial charge in [0.15, 0.2) is 5.54 Å². The molecule has 7 heteroatoms. The number of carbonyl (C=O) groups is 1. The molecule has 22 heavy (non-hydrogen) atoms. The van der Waals surface area contributed by atoms with Gasteiger partial charge in [-0.3, -0.25) is 9.78 Å². The average molecular weight is 298 g/mol. The lowest BCUT2D eigenvalue weighted by atomic mass is 9.88. The lowest BCUT2D eigenvalue weighted by Gasteiger charge is -2.34. The number of pyridine rings is 1. The number of nitriles is 2. The third-order valence-electron chi connectivity index (χ3n) is 3.91. The van der Waals surface area contributed by atoms with Crippen molar-refractivity contribution in [1.82, 2.24) is 15.2 Å². The van der Waals surface area contributed by atoms with Gasteiger partial charge in [0.05, 0.1) is 23.9 Å². The van der Waals surface area contributed by atoms with Crippen LogP contribution >= 0.6 is 0 Å². The Balaban J connectivity index is 2.41. The Kier molecular flexibility index (Phi) is 4.71. The van der Waals surface area contributed by atoms with Crippen LogP contribution in [0.25, 0.3) is 0 Å². The molecule has 1 unspecified atom stereocenters. The van der Waals surface area contributed by atoms with E-state index in [9.17, 15) is 10.1 Å². The summed E-state index contributed by atoms with van der Waals surface area (Å²) in [4.78, 5) is 18.1. The first-order valence-electron chi connectivity index (χ1n) is 7.14. The third kappa shape index (κ3) is 2.52. The zero-order valence-electron chi connectivity index (χ0n) is 12.4. The molecule has 1 saturated heterocycles. The summed E-state index contributed by atoms with van der Waals surface area (Å²) in [5.41, 5.74) is 5.67. The summed E-state index contributed by atoms with van der Waals surface area (Å²) in [5, 5.41) is 21.6. The molecular formula is C15H18N6O. The fourth-order valence-electron chi connectivity index (χ4n) is 2.72. The summed E-state index contributed by atoms with van der Waals surface area (Å²) in [6.07, 6.45) is 1.93. The molecule has 0 saturated carbocycles. The van der Waals surface area contributed by atoms with Crippen molar-refractivity contribution < 1.29 is 4.79 Å². The zero-order valence-corrected chi connectivity index (χ0v) is 12.4. The van der Waals surface area contributed by atoms with E-state index in [1.165, 1.54) is 11.1 Å². The Morgan fingerprint density at radius 3 is 2.91 bits per heavy atom. The molecule has 2 rings (SSSR count). The van der Waals surface area contributed by atoms with E-state index < -0.39 is 11.6 Å². The van der Waals surface area contributed by atoms with E-state index in [1.807, 2.05) is 13.0 Å². The summed E-state index contributed by atoms with van der Waals surface area (Å²) in [6.45, 7) is 3.15. The van der Waals surface area contributed by atoms with E-state index in [-0.39, 0.29) is 12.5 Å². The molecule has 1 aliphatic heterocycles. The van der Waals surface area contributed by atoms with Crippen molar-refractivity contribution in [2.75, 3.05) is 19.6 Å². The van der Waals surface area contributed by atoms with Gasteiger partial charge in [-0.15, -0.1) is 0 Å². The summed E-state index contributed by atoms with van der Waals surface area (Å²) < 4.78 is 0. The normalized spacial score (nSPS) is 23.8. The van der Waals surface area contributed by atoms with Gasteiger partial charge >= 0.3 is 0 Å². The quantitative estimate of drug-likeness (QED) is 0.797. The number of likely N-dealkylation sites (tertiary alicyclic amines) is 1. The molecule has 1 aromatic rings. The number of likely N-dealkylation sites (N-methyl/N-ethyl adjacent to an activating group) is 1. The maximum Gasteiger partial charge on any atom is 0.238 e. The SMILES string of the molecule is CCNCC(=O)N1CCC(N)[C@@]1(C#N)c1ccc(C#N)cn1. The van der Waals surface area contributed by atoms with Gasteiger partial charge in [-0.25, -0.2) is 0 Å². The largest absolute Gasteiger partial charge is 0.324 e. The molecule has 0 radical (unpaired) electrons. The molecule has 1 aliphatic rings.